The van der Waals surface area contributed by atoms with Crippen LogP contribution in [0, 0.1) is 0 Å². The maximum Gasteiger partial charge on any atom is 0.157 e. The summed E-state index contributed by atoms with van der Waals surface area (Å²) in [6.45, 7) is 4.78. The zero-order valence-electron chi connectivity index (χ0n) is 28.9. The van der Waals surface area contributed by atoms with Gasteiger partial charge in [0.2, 0.25) is 0 Å². The van der Waals surface area contributed by atoms with Crippen molar-refractivity contribution in [1.82, 2.24) is 5.32 Å². The lowest BCUT2D eigenvalue weighted by atomic mass is 9.78. The Balaban J connectivity index is 1.15. The average molecular weight is 667 g/mol. The number of hydrogen-bond donors (Lipinski definition) is 1. The number of nitrogens with zero attached hydrogens (tertiary/aromatic N) is 1. The highest BCUT2D eigenvalue weighted by molar-refractivity contribution is 6.17. The molecule has 52 heavy (non-hydrogen) atoms. The van der Waals surface area contributed by atoms with Crippen molar-refractivity contribution >= 4 is 54.8 Å². The molecule has 0 amide bonds. The van der Waals surface area contributed by atoms with Crippen molar-refractivity contribution in [2.45, 2.75) is 25.3 Å². The first-order valence-corrected chi connectivity index (χ1v) is 18.1. The molecular weight excluding hydrogens is 633 g/mol. The van der Waals surface area contributed by atoms with Gasteiger partial charge in [-0.1, -0.05) is 141 Å². The molecule has 8 aromatic carbocycles. The van der Waals surface area contributed by atoms with Crippen LogP contribution in [-0.4, -0.2) is 5.84 Å². The Kier molecular flexibility index (Phi) is 6.07. The molecule has 1 aliphatic carbocycles. The standard InChI is InChI=1S/C49H34N2O/c1-49(2)41-28-32(48-50-45(29-14-4-3-5-15-29)47-46(51-48)38-22-12-13-23-42(38)52-47)24-25-37(41)43-40(27-31-17-7-9-19-34(31)44(43)49)39-26-30-16-6-8-18-33(30)35-20-10-11-21-36(35)39/h3-28,45H,1-2H3,(H,50,51). The molecule has 0 bridgehead atoms. The number of aliphatic imine (C=N–C) groups is 1. The van der Waals surface area contributed by atoms with Gasteiger partial charge >= 0.3 is 0 Å². The van der Waals surface area contributed by atoms with E-state index in [1.165, 1.54) is 65.7 Å². The van der Waals surface area contributed by atoms with E-state index >= 15 is 0 Å². The number of nitrogens with one attached hydrogen (secondary N) is 1. The molecule has 3 heteroatoms. The van der Waals surface area contributed by atoms with Crippen molar-refractivity contribution in [2.75, 3.05) is 0 Å². The molecule has 1 aromatic heterocycles. The monoisotopic (exact) mass is 666 g/mol. The third-order valence-electron chi connectivity index (χ3n) is 11.5. The average Bonchev–Trinajstić information content (AvgIpc) is 3.69. The molecule has 0 spiro atoms. The van der Waals surface area contributed by atoms with Crippen LogP contribution < -0.4 is 5.32 Å². The predicted molar refractivity (Wildman–Crippen MR) is 216 cm³/mol. The molecule has 2 aliphatic rings. The number of furan rings is 1. The van der Waals surface area contributed by atoms with E-state index in [4.69, 9.17) is 9.41 Å². The van der Waals surface area contributed by atoms with E-state index in [1.54, 1.807) is 0 Å². The summed E-state index contributed by atoms with van der Waals surface area (Å²) in [5.74, 6) is 1.71. The Hall–Kier alpha value is -6.45. The topological polar surface area (TPSA) is 37.5 Å². The number of fused-ring (bicyclic) bond motifs is 11. The van der Waals surface area contributed by atoms with E-state index in [2.05, 4.69) is 165 Å². The van der Waals surface area contributed by atoms with Crippen molar-refractivity contribution < 1.29 is 4.42 Å². The van der Waals surface area contributed by atoms with E-state index in [0.717, 1.165) is 39.4 Å². The lowest BCUT2D eigenvalue weighted by Crippen LogP contribution is -2.32. The maximum absolute atomic E-state index is 6.47. The minimum Gasteiger partial charge on any atom is -0.456 e. The Morgan fingerprint density at radius 3 is 2.00 bits per heavy atom. The third-order valence-corrected chi connectivity index (χ3v) is 11.5. The van der Waals surface area contributed by atoms with Gasteiger partial charge in [0.15, 0.2) is 5.76 Å². The molecule has 0 fully saturated rings. The fourth-order valence-corrected chi connectivity index (χ4v) is 9.06. The molecular formula is C49H34N2O. The van der Waals surface area contributed by atoms with Crippen molar-refractivity contribution in [3.8, 4) is 22.3 Å². The summed E-state index contributed by atoms with van der Waals surface area (Å²) in [6.07, 6.45) is 0. The van der Waals surface area contributed by atoms with Gasteiger partial charge in [-0.3, -0.25) is 0 Å². The van der Waals surface area contributed by atoms with Gasteiger partial charge in [-0.05, 0) is 102 Å². The van der Waals surface area contributed by atoms with Crippen LogP contribution in [0.3, 0.4) is 0 Å². The van der Waals surface area contributed by atoms with E-state index in [1.807, 2.05) is 12.1 Å². The van der Waals surface area contributed by atoms with Crippen LogP contribution in [-0.2, 0) is 5.41 Å². The molecule has 3 nitrogen and oxygen atoms in total. The summed E-state index contributed by atoms with van der Waals surface area (Å²) in [6, 6.07) is 56.9. The fraction of sp³-hybridized carbons (Fsp3) is 0.0816. The Labute approximate surface area is 301 Å². The van der Waals surface area contributed by atoms with Gasteiger partial charge in [0.25, 0.3) is 0 Å². The first kappa shape index (κ1) is 29.3. The number of rotatable bonds is 3. The predicted octanol–water partition coefficient (Wildman–Crippen LogP) is 12.6. The smallest absolute Gasteiger partial charge is 0.157 e. The van der Waals surface area contributed by atoms with Crippen molar-refractivity contribution in [2.24, 2.45) is 4.99 Å². The molecule has 9 aromatic rings. The molecule has 0 saturated heterocycles. The van der Waals surface area contributed by atoms with Crippen molar-refractivity contribution in [3.63, 3.8) is 0 Å². The van der Waals surface area contributed by atoms with Gasteiger partial charge in [-0.2, -0.15) is 0 Å². The highest BCUT2D eigenvalue weighted by Gasteiger charge is 2.40. The molecule has 2 heterocycles. The lowest BCUT2D eigenvalue weighted by Gasteiger charge is -2.26. The van der Waals surface area contributed by atoms with Crippen LogP contribution in [0.2, 0.25) is 0 Å². The third kappa shape index (κ3) is 4.11. The van der Waals surface area contributed by atoms with Gasteiger partial charge in [-0.25, -0.2) is 4.99 Å². The second-order valence-corrected chi connectivity index (χ2v) is 14.7. The van der Waals surface area contributed by atoms with Gasteiger partial charge in [0, 0.05) is 16.4 Å². The fourth-order valence-electron chi connectivity index (χ4n) is 9.06. The summed E-state index contributed by atoms with van der Waals surface area (Å²) in [5, 5.41) is 12.5. The highest BCUT2D eigenvalue weighted by atomic mass is 16.3. The molecule has 246 valence electrons. The maximum atomic E-state index is 6.47. The minimum absolute atomic E-state index is 0.161. The van der Waals surface area contributed by atoms with Crippen LogP contribution in [0.4, 0.5) is 5.69 Å². The van der Waals surface area contributed by atoms with E-state index in [0.29, 0.717) is 0 Å². The van der Waals surface area contributed by atoms with Gasteiger partial charge in [0.05, 0.1) is 0 Å². The normalized spacial score (nSPS) is 15.7. The van der Waals surface area contributed by atoms with E-state index in [-0.39, 0.29) is 11.5 Å². The minimum atomic E-state index is -0.259. The number of amidine groups is 1. The Morgan fingerprint density at radius 2 is 1.19 bits per heavy atom. The first-order chi connectivity index (χ1) is 25.5. The summed E-state index contributed by atoms with van der Waals surface area (Å²) in [7, 11) is 0. The molecule has 0 saturated carbocycles. The van der Waals surface area contributed by atoms with Crippen LogP contribution in [0.5, 0.6) is 0 Å². The second kappa shape index (κ2) is 10.8. The molecule has 0 radical (unpaired) electrons. The van der Waals surface area contributed by atoms with Gasteiger partial charge < -0.3 is 9.73 Å². The summed E-state index contributed by atoms with van der Waals surface area (Å²) < 4.78 is 6.47. The van der Waals surface area contributed by atoms with Crippen LogP contribution >= 0.6 is 0 Å². The SMILES string of the molecule is CC1(C)c2cc(C3=Nc4c(oc5ccccc45)C(c4ccccc4)N3)ccc2-c2c(-c3cc4ccccc4c4ccccc34)cc3ccccc3c21. The van der Waals surface area contributed by atoms with Crippen LogP contribution in [0.25, 0.3) is 65.5 Å². The van der Waals surface area contributed by atoms with Gasteiger partial charge in [-0.15, -0.1) is 0 Å². The Morgan fingerprint density at radius 1 is 0.558 bits per heavy atom. The van der Waals surface area contributed by atoms with E-state index < -0.39 is 0 Å². The summed E-state index contributed by atoms with van der Waals surface area (Å²) in [4.78, 5) is 5.29. The molecule has 1 unspecified atom stereocenters. The summed E-state index contributed by atoms with van der Waals surface area (Å²) >= 11 is 0. The second-order valence-electron chi connectivity index (χ2n) is 14.7. The van der Waals surface area contributed by atoms with Crippen LogP contribution in [0.1, 0.15) is 47.9 Å². The zero-order chi connectivity index (χ0) is 34.6. The van der Waals surface area contributed by atoms with Crippen LogP contribution in [0.15, 0.2) is 167 Å². The van der Waals surface area contributed by atoms with E-state index in [9.17, 15) is 0 Å². The summed E-state index contributed by atoms with van der Waals surface area (Å²) in [5.41, 5.74) is 11.6. The number of para-hydroxylation sites is 1. The number of benzene rings is 8. The molecule has 1 atom stereocenters. The van der Waals surface area contributed by atoms with Crippen molar-refractivity contribution in [1.29, 1.82) is 0 Å². The zero-order valence-corrected chi connectivity index (χ0v) is 28.9. The van der Waals surface area contributed by atoms with Gasteiger partial charge in [0.1, 0.15) is 23.1 Å². The quantitative estimate of drug-likeness (QED) is 0.191. The number of hydrogen-bond acceptors (Lipinski definition) is 3. The lowest BCUT2D eigenvalue weighted by molar-refractivity contribution is 0.503. The molecule has 1 N–H and O–H groups in total. The largest absolute Gasteiger partial charge is 0.456 e. The molecule has 11 rings (SSSR count). The first-order valence-electron chi connectivity index (χ1n) is 18.1. The Bertz CT molecular complexity index is 2970. The highest BCUT2D eigenvalue weighted by Crippen LogP contribution is 2.56. The molecule has 1 aliphatic heterocycles. The van der Waals surface area contributed by atoms with Crippen molar-refractivity contribution in [3.05, 3.63) is 186 Å².